The van der Waals surface area contributed by atoms with Crippen molar-refractivity contribution in [3.8, 4) is 11.8 Å². The molecular weight excluding hydrogens is 416 g/mol. The van der Waals surface area contributed by atoms with Gasteiger partial charge in [0.1, 0.15) is 11.6 Å². The number of phenols is 1. The summed E-state index contributed by atoms with van der Waals surface area (Å²) in [5.41, 5.74) is 12.4. The van der Waals surface area contributed by atoms with Gasteiger partial charge in [0, 0.05) is 17.6 Å². The molecule has 0 fully saturated rings. The van der Waals surface area contributed by atoms with E-state index in [-0.39, 0.29) is 28.3 Å². The molecule has 7 heteroatoms. The van der Waals surface area contributed by atoms with E-state index in [0.717, 1.165) is 11.1 Å². The minimum Gasteiger partial charge on any atom is -0.508 e. The molecule has 4 rings (SSSR count). The largest absolute Gasteiger partial charge is 0.508 e. The number of Topliss-reactive ketones (excluding diaryl/α,β-unsaturated/α-hetero) is 1. The maximum absolute atomic E-state index is 13.4. The van der Waals surface area contributed by atoms with E-state index in [1.807, 2.05) is 45.0 Å². The Labute approximate surface area is 192 Å². The van der Waals surface area contributed by atoms with Crippen molar-refractivity contribution in [2.75, 3.05) is 0 Å². The molecule has 4 N–H and O–H groups in total. The fraction of sp³-hybridized carbons (Fsp3) is 0.269. The van der Waals surface area contributed by atoms with E-state index < -0.39 is 11.8 Å². The van der Waals surface area contributed by atoms with E-state index in [2.05, 4.69) is 11.5 Å². The lowest BCUT2D eigenvalue weighted by molar-refractivity contribution is -0.118. The maximum atomic E-state index is 13.4. The van der Waals surface area contributed by atoms with Crippen LogP contribution in [0.1, 0.15) is 54.1 Å². The molecule has 168 valence electrons. The number of carbonyl (C=O) groups excluding carboxylic acids is 2. The highest BCUT2D eigenvalue weighted by Gasteiger charge is 2.44. The number of nitrogens with two attached hydrogens (primary N) is 1. The molecule has 0 aromatic heterocycles. The number of phenolic OH excluding ortho intramolecular Hbond substituents is 1. The molecule has 33 heavy (non-hydrogen) atoms. The smallest absolute Gasteiger partial charge is 0.270 e. The molecule has 0 bridgehead atoms. The summed E-state index contributed by atoms with van der Waals surface area (Å²) in [6.45, 7) is 5.96. The second kappa shape index (κ2) is 8.14. The number of nitrogens with one attached hydrogen (secondary N) is 1. The standard InChI is InChI=1S/C26H26N4O3/c1-15-4-6-16(7-5-15)22-19(14-27)24(28)30(20-12-26(2,3)13-21(32)23(20)22)29-25(33)17-8-10-18(31)11-9-17/h4-11,22,31H,12-13,28H2,1-3H3,(H,29,33). The van der Waals surface area contributed by atoms with Gasteiger partial charge in [-0.1, -0.05) is 43.7 Å². The Balaban J connectivity index is 1.84. The van der Waals surface area contributed by atoms with Crippen molar-refractivity contribution in [2.24, 2.45) is 11.1 Å². The number of rotatable bonds is 3. The SMILES string of the molecule is Cc1ccc(C2C(C#N)=C(N)N(NC(=O)c3ccc(O)cc3)C3=C2C(=O)CC(C)(C)C3)cc1. The van der Waals surface area contributed by atoms with Gasteiger partial charge in [-0.2, -0.15) is 5.26 Å². The second-order valence-electron chi connectivity index (χ2n) is 9.38. The lowest BCUT2D eigenvalue weighted by Gasteiger charge is -2.43. The third-order valence-electron chi connectivity index (χ3n) is 6.13. The lowest BCUT2D eigenvalue weighted by atomic mass is 9.69. The van der Waals surface area contributed by atoms with Crippen molar-refractivity contribution < 1.29 is 14.7 Å². The Bertz CT molecular complexity index is 1230. The monoisotopic (exact) mass is 442 g/mol. The Kier molecular flexibility index (Phi) is 5.46. The van der Waals surface area contributed by atoms with Crippen molar-refractivity contribution >= 4 is 11.7 Å². The van der Waals surface area contributed by atoms with Gasteiger partial charge in [-0.05, 0) is 48.6 Å². The van der Waals surface area contributed by atoms with Gasteiger partial charge in [0.25, 0.3) is 5.91 Å². The molecule has 1 aliphatic carbocycles. The number of amides is 1. The van der Waals surface area contributed by atoms with Crippen LogP contribution in [0.5, 0.6) is 5.75 Å². The number of hydrazine groups is 1. The lowest BCUT2D eigenvalue weighted by Crippen LogP contribution is -2.49. The molecule has 1 atom stereocenters. The summed E-state index contributed by atoms with van der Waals surface area (Å²) in [5.74, 6) is -0.973. The van der Waals surface area contributed by atoms with Gasteiger partial charge >= 0.3 is 0 Å². The van der Waals surface area contributed by atoms with E-state index in [4.69, 9.17) is 5.73 Å². The zero-order valence-corrected chi connectivity index (χ0v) is 18.8. The number of nitriles is 1. The zero-order chi connectivity index (χ0) is 23.9. The van der Waals surface area contributed by atoms with Crippen molar-refractivity contribution in [3.05, 3.63) is 87.9 Å². The van der Waals surface area contributed by atoms with Crippen molar-refractivity contribution in [1.82, 2.24) is 10.4 Å². The van der Waals surface area contributed by atoms with Crippen LogP contribution in [0.3, 0.4) is 0 Å². The van der Waals surface area contributed by atoms with Gasteiger partial charge < -0.3 is 10.8 Å². The van der Waals surface area contributed by atoms with E-state index in [1.54, 1.807) is 0 Å². The number of aryl methyl sites for hydroxylation is 1. The van der Waals surface area contributed by atoms with Gasteiger partial charge in [-0.3, -0.25) is 15.0 Å². The van der Waals surface area contributed by atoms with Crippen LogP contribution < -0.4 is 11.2 Å². The Hall–Kier alpha value is -4.05. The van der Waals surface area contributed by atoms with Gasteiger partial charge in [0.15, 0.2) is 5.78 Å². The molecule has 1 amide bonds. The number of ketones is 1. The van der Waals surface area contributed by atoms with E-state index >= 15 is 0 Å². The number of carbonyl (C=O) groups is 2. The van der Waals surface area contributed by atoms with Gasteiger partial charge in [-0.15, -0.1) is 0 Å². The maximum Gasteiger partial charge on any atom is 0.270 e. The zero-order valence-electron chi connectivity index (χ0n) is 18.8. The first-order valence-electron chi connectivity index (χ1n) is 10.7. The van der Waals surface area contributed by atoms with Crippen LogP contribution >= 0.6 is 0 Å². The summed E-state index contributed by atoms with van der Waals surface area (Å²) in [5, 5.41) is 20.9. The molecule has 0 saturated carbocycles. The predicted octanol–water partition coefficient (Wildman–Crippen LogP) is 3.78. The topological polar surface area (TPSA) is 119 Å². The van der Waals surface area contributed by atoms with Gasteiger partial charge in [-0.25, -0.2) is 5.01 Å². The highest BCUT2D eigenvalue weighted by molar-refractivity contribution is 6.01. The molecule has 0 saturated heterocycles. The minimum absolute atomic E-state index is 0.0428. The Morgan fingerprint density at radius 1 is 1.15 bits per heavy atom. The summed E-state index contributed by atoms with van der Waals surface area (Å²) in [4.78, 5) is 26.4. The number of hydrogen-bond donors (Lipinski definition) is 3. The number of allylic oxidation sites excluding steroid dienone is 3. The number of nitrogens with zero attached hydrogens (tertiary/aromatic N) is 2. The quantitative estimate of drug-likeness (QED) is 0.665. The summed E-state index contributed by atoms with van der Waals surface area (Å²) < 4.78 is 0. The van der Waals surface area contributed by atoms with Crippen LogP contribution in [0, 0.1) is 23.7 Å². The summed E-state index contributed by atoms with van der Waals surface area (Å²) in [7, 11) is 0. The van der Waals surface area contributed by atoms with Crippen LogP contribution in [-0.4, -0.2) is 21.8 Å². The summed E-state index contributed by atoms with van der Waals surface area (Å²) in [6, 6.07) is 15.7. The molecule has 7 nitrogen and oxygen atoms in total. The van der Waals surface area contributed by atoms with Gasteiger partial charge in [0.2, 0.25) is 0 Å². The van der Waals surface area contributed by atoms with E-state index in [9.17, 15) is 20.0 Å². The molecule has 2 aromatic carbocycles. The number of aromatic hydroxyl groups is 1. The van der Waals surface area contributed by atoms with Crippen molar-refractivity contribution in [1.29, 1.82) is 5.26 Å². The molecule has 2 aromatic rings. The fourth-order valence-electron chi connectivity index (χ4n) is 4.51. The number of benzene rings is 2. The average Bonchev–Trinajstić information content (AvgIpc) is 2.75. The summed E-state index contributed by atoms with van der Waals surface area (Å²) >= 11 is 0. The van der Waals surface area contributed by atoms with Crippen LogP contribution in [0.15, 0.2) is 71.2 Å². The first-order valence-corrected chi connectivity index (χ1v) is 10.7. The van der Waals surface area contributed by atoms with Crippen LogP contribution in [0.4, 0.5) is 0 Å². The second-order valence-corrected chi connectivity index (χ2v) is 9.38. The molecule has 0 radical (unpaired) electrons. The van der Waals surface area contributed by atoms with Crippen molar-refractivity contribution in [2.45, 2.75) is 39.5 Å². The molecular formula is C26H26N4O3. The van der Waals surface area contributed by atoms with Crippen LogP contribution in [-0.2, 0) is 4.79 Å². The van der Waals surface area contributed by atoms with Crippen LogP contribution in [0.25, 0.3) is 0 Å². The minimum atomic E-state index is -0.587. The van der Waals surface area contributed by atoms with Gasteiger partial charge in [0.05, 0.1) is 23.3 Å². The molecule has 1 unspecified atom stereocenters. The first-order chi connectivity index (χ1) is 15.6. The molecule has 1 aliphatic heterocycles. The Morgan fingerprint density at radius 3 is 2.39 bits per heavy atom. The normalized spacial score (nSPS) is 19.8. The molecule has 1 heterocycles. The van der Waals surface area contributed by atoms with Crippen molar-refractivity contribution in [3.63, 3.8) is 0 Å². The Morgan fingerprint density at radius 2 is 1.79 bits per heavy atom. The average molecular weight is 443 g/mol. The van der Waals surface area contributed by atoms with Crippen LogP contribution in [0.2, 0.25) is 0 Å². The third-order valence-corrected chi connectivity index (χ3v) is 6.13. The summed E-state index contributed by atoms with van der Waals surface area (Å²) in [6.07, 6.45) is 0.845. The third kappa shape index (κ3) is 4.08. The number of hydrogen-bond acceptors (Lipinski definition) is 6. The highest BCUT2D eigenvalue weighted by Crippen LogP contribution is 2.48. The molecule has 2 aliphatic rings. The van der Waals surface area contributed by atoms with E-state index in [1.165, 1.54) is 29.3 Å². The molecule has 0 spiro atoms. The fourth-order valence-corrected chi connectivity index (χ4v) is 4.51. The van der Waals surface area contributed by atoms with E-state index in [0.29, 0.717) is 29.7 Å². The predicted molar refractivity (Wildman–Crippen MR) is 123 cm³/mol. The first kappa shape index (κ1) is 22.2. The highest BCUT2D eigenvalue weighted by atomic mass is 16.3.